The van der Waals surface area contributed by atoms with E-state index in [1.165, 1.54) is 148 Å². The maximum Gasteiger partial charge on any atom is 0.252 e. The van der Waals surface area contributed by atoms with E-state index in [-0.39, 0.29) is 33.9 Å². The van der Waals surface area contributed by atoms with Gasteiger partial charge < -0.3 is 14.7 Å². The molecule has 1 fully saturated rings. The third-order valence-electron chi connectivity index (χ3n) is 19.7. The topological polar surface area (TPSA) is 9.72 Å². The lowest BCUT2D eigenvalue weighted by Gasteiger charge is -2.50. The fraction of sp³-hybridized carbons (Fsp3) is 0.289. The Kier molecular flexibility index (Phi) is 11.4. The minimum absolute atomic E-state index is 0.0148. The molecule has 0 spiro atoms. The molecule has 0 radical (unpaired) electrons. The van der Waals surface area contributed by atoms with Gasteiger partial charge in [-0.15, -0.1) is 0 Å². The molecule has 0 saturated heterocycles. The molecular weight excluding hydrogens is 966 g/mol. The van der Waals surface area contributed by atoms with Crippen LogP contribution in [0.15, 0.2) is 188 Å². The number of hydrogen-bond donors (Lipinski definition) is 0. The van der Waals surface area contributed by atoms with Crippen molar-refractivity contribution in [2.75, 3.05) is 14.7 Å². The Balaban J connectivity index is 1.07. The molecular formula is C76H76BN3. The first-order chi connectivity index (χ1) is 38.3. The van der Waals surface area contributed by atoms with E-state index in [0.717, 1.165) is 19.3 Å². The minimum atomic E-state index is -0.133. The Bertz CT molecular complexity index is 3950. The molecule has 80 heavy (non-hydrogen) atoms. The van der Waals surface area contributed by atoms with Crippen molar-refractivity contribution in [3.05, 3.63) is 221 Å². The molecule has 0 bridgehead atoms. The number of benzene rings is 9. The molecule has 2 atom stereocenters. The quantitative estimate of drug-likeness (QED) is 0.154. The zero-order valence-electron chi connectivity index (χ0n) is 49.1. The molecule has 3 heterocycles. The van der Waals surface area contributed by atoms with Gasteiger partial charge in [-0.05, 0) is 195 Å². The van der Waals surface area contributed by atoms with Gasteiger partial charge in [0.05, 0.1) is 16.9 Å². The highest BCUT2D eigenvalue weighted by Gasteiger charge is 2.58. The van der Waals surface area contributed by atoms with Crippen LogP contribution in [0, 0.1) is 12.3 Å². The molecule has 2 unspecified atom stereocenters. The lowest BCUT2D eigenvalue weighted by atomic mass is 9.33. The second-order valence-electron chi connectivity index (χ2n) is 27.7. The number of nitrogens with zero attached hydrogens (tertiary/aromatic N) is 3. The number of aryl methyl sites for hydroxylation is 1. The smallest absolute Gasteiger partial charge is 0.252 e. The van der Waals surface area contributed by atoms with Crippen LogP contribution in [0.5, 0.6) is 0 Å². The van der Waals surface area contributed by atoms with E-state index in [1.54, 1.807) is 0 Å². The first-order valence-corrected chi connectivity index (χ1v) is 29.7. The van der Waals surface area contributed by atoms with Gasteiger partial charge in [0.1, 0.15) is 0 Å². The van der Waals surface area contributed by atoms with Crippen LogP contribution in [0.4, 0.5) is 45.5 Å². The summed E-state index contributed by atoms with van der Waals surface area (Å²) in [5.74, 6) is 0. The van der Waals surface area contributed by atoms with Crippen LogP contribution in [0.2, 0.25) is 0 Å². The summed E-state index contributed by atoms with van der Waals surface area (Å²) < 4.78 is 0. The van der Waals surface area contributed by atoms with Crippen LogP contribution >= 0.6 is 0 Å². The summed E-state index contributed by atoms with van der Waals surface area (Å²) in [6.07, 6.45) is 6.89. The van der Waals surface area contributed by atoms with Crippen LogP contribution in [-0.2, 0) is 29.1 Å². The van der Waals surface area contributed by atoms with E-state index in [4.69, 9.17) is 0 Å². The molecule has 398 valence electrons. The van der Waals surface area contributed by atoms with Crippen LogP contribution < -0.4 is 31.1 Å². The Morgan fingerprint density at radius 1 is 0.425 bits per heavy atom. The van der Waals surface area contributed by atoms with Crippen LogP contribution in [-0.4, -0.2) is 12.3 Å². The van der Waals surface area contributed by atoms with Crippen LogP contribution in [0.3, 0.4) is 0 Å². The molecule has 14 rings (SSSR count). The van der Waals surface area contributed by atoms with Gasteiger partial charge in [0.2, 0.25) is 0 Å². The molecule has 9 aromatic rings. The first-order valence-electron chi connectivity index (χ1n) is 29.7. The molecule has 5 aliphatic rings. The van der Waals surface area contributed by atoms with Gasteiger partial charge in [-0.25, -0.2) is 0 Å². The summed E-state index contributed by atoms with van der Waals surface area (Å²) in [6, 6.07) is 73.4. The first kappa shape index (κ1) is 50.6. The zero-order valence-corrected chi connectivity index (χ0v) is 49.1. The van der Waals surface area contributed by atoms with Gasteiger partial charge in [0, 0.05) is 50.7 Å². The SMILES string of the molecule is Cc1cc2c3c(c1)N(c1ccc(C(C)(C)C)cc1-c1ccccc1)c1cc4c(cc1B3c1ccc(N3c5ccc(-c6ccccc6)cc5C5(C)CCCCC35C)cc1N2c1ccc(C(C)(C)C)cc1-c1ccccc1)CC(C)(C)C4. The Labute approximate surface area is 477 Å². The third kappa shape index (κ3) is 7.82. The van der Waals surface area contributed by atoms with Gasteiger partial charge in [-0.1, -0.05) is 196 Å². The minimum Gasteiger partial charge on any atom is -0.334 e. The summed E-state index contributed by atoms with van der Waals surface area (Å²) in [5, 5.41) is 0. The van der Waals surface area contributed by atoms with Gasteiger partial charge in [0.15, 0.2) is 0 Å². The summed E-state index contributed by atoms with van der Waals surface area (Å²) in [6.45, 7) is 26.5. The molecule has 3 aliphatic heterocycles. The third-order valence-corrected chi connectivity index (χ3v) is 19.7. The average Bonchev–Trinajstić information content (AvgIpc) is 3.93. The normalized spacial score (nSPS) is 19.5. The molecule has 9 aromatic carbocycles. The molecule has 4 heteroatoms. The van der Waals surface area contributed by atoms with Gasteiger partial charge in [0.25, 0.3) is 6.71 Å². The molecule has 0 amide bonds. The van der Waals surface area contributed by atoms with E-state index < -0.39 is 0 Å². The highest BCUT2D eigenvalue weighted by molar-refractivity contribution is 7.00. The Hall–Kier alpha value is -7.56. The van der Waals surface area contributed by atoms with E-state index in [1.807, 2.05) is 0 Å². The predicted molar refractivity (Wildman–Crippen MR) is 343 cm³/mol. The molecule has 3 nitrogen and oxygen atoms in total. The lowest BCUT2D eigenvalue weighted by molar-refractivity contribution is 0.195. The number of anilines is 8. The monoisotopic (exact) mass is 1040 g/mol. The van der Waals surface area contributed by atoms with E-state index in [9.17, 15) is 0 Å². The molecule has 2 aliphatic carbocycles. The fourth-order valence-corrected chi connectivity index (χ4v) is 15.4. The largest absolute Gasteiger partial charge is 0.334 e. The molecule has 0 N–H and O–H groups in total. The Morgan fingerprint density at radius 3 is 1.50 bits per heavy atom. The molecule has 0 aromatic heterocycles. The molecule has 1 saturated carbocycles. The van der Waals surface area contributed by atoms with Crippen molar-refractivity contribution in [2.24, 2.45) is 5.41 Å². The van der Waals surface area contributed by atoms with Gasteiger partial charge in [-0.3, -0.25) is 0 Å². The van der Waals surface area contributed by atoms with Crippen molar-refractivity contribution >= 4 is 68.6 Å². The maximum absolute atomic E-state index is 2.80. The number of hydrogen-bond acceptors (Lipinski definition) is 3. The summed E-state index contributed by atoms with van der Waals surface area (Å²) in [4.78, 5) is 8.19. The highest BCUT2D eigenvalue weighted by atomic mass is 15.3. The van der Waals surface area contributed by atoms with Crippen molar-refractivity contribution in [3.63, 3.8) is 0 Å². The highest BCUT2D eigenvalue weighted by Crippen LogP contribution is 2.62. The van der Waals surface area contributed by atoms with Crippen LogP contribution in [0.25, 0.3) is 33.4 Å². The Morgan fingerprint density at radius 2 is 0.938 bits per heavy atom. The van der Waals surface area contributed by atoms with Crippen molar-refractivity contribution in [1.82, 2.24) is 0 Å². The van der Waals surface area contributed by atoms with Crippen molar-refractivity contribution < 1.29 is 0 Å². The van der Waals surface area contributed by atoms with Gasteiger partial charge >= 0.3 is 0 Å². The number of rotatable bonds is 6. The number of fused-ring (bicyclic) bond motifs is 8. The summed E-state index contributed by atoms with van der Waals surface area (Å²) >= 11 is 0. The van der Waals surface area contributed by atoms with E-state index in [0.29, 0.717) is 0 Å². The standard InChI is InChI=1S/C76H76BN3/c1-49-39-69-71-70(40-49)79(65-36-31-57(73(5,6)7)45-60(65)52-27-19-14-20-28-52)68-46-58(80-66-34-29-53(50-23-15-12-16-24-50)41-61(66)75(10)37-21-22-38-76(75,80)11)32-33-62(68)77(71)63-42-54-47-74(8,9)48-55(54)43-67(63)78(69)64-35-30-56(72(2,3)4)44-59(64)51-25-17-13-18-26-51/h12-20,23-36,39-46H,21-22,37-38,47-48H2,1-11H3. The maximum atomic E-state index is 2.80. The van der Waals surface area contributed by atoms with E-state index >= 15 is 0 Å². The van der Waals surface area contributed by atoms with Gasteiger partial charge in [-0.2, -0.15) is 0 Å². The van der Waals surface area contributed by atoms with Crippen molar-refractivity contribution in [1.29, 1.82) is 0 Å². The van der Waals surface area contributed by atoms with Crippen molar-refractivity contribution in [2.45, 2.75) is 136 Å². The average molecular weight is 1040 g/mol. The lowest BCUT2D eigenvalue weighted by Crippen LogP contribution is -2.61. The van der Waals surface area contributed by atoms with Crippen molar-refractivity contribution in [3.8, 4) is 33.4 Å². The summed E-state index contributed by atoms with van der Waals surface area (Å²) in [7, 11) is 0. The zero-order chi connectivity index (χ0) is 55.3. The second kappa shape index (κ2) is 18.0. The summed E-state index contributed by atoms with van der Waals surface area (Å²) in [5.41, 5.74) is 30.0. The fourth-order valence-electron chi connectivity index (χ4n) is 15.4. The van der Waals surface area contributed by atoms with E-state index in [2.05, 4.69) is 279 Å². The van der Waals surface area contributed by atoms with Crippen LogP contribution in [0.1, 0.15) is 128 Å². The predicted octanol–water partition coefficient (Wildman–Crippen LogP) is 18.5. The second-order valence-corrected chi connectivity index (χ2v) is 27.7.